The number of methoxy groups -OCH3 is 2. The van der Waals surface area contributed by atoms with Gasteiger partial charge >= 0.3 is 5.91 Å². The third-order valence-corrected chi connectivity index (χ3v) is 7.46. The lowest BCUT2D eigenvalue weighted by Gasteiger charge is -2.22. The summed E-state index contributed by atoms with van der Waals surface area (Å²) in [6, 6.07) is 11.2. The number of ketones is 1. The number of carbonyl (C=O) groups is 2. The average molecular weight is 536 g/mol. The van der Waals surface area contributed by atoms with Crippen LogP contribution >= 0.6 is 22.9 Å². The number of hydrogen-bond donors (Lipinski definition) is 1. The first-order valence-corrected chi connectivity index (χ1v) is 12.5. The number of fused-ring (bicyclic) bond motifs is 1. The number of rotatable bonds is 5. The predicted molar refractivity (Wildman–Crippen MR) is 143 cm³/mol. The number of aromatic nitrogens is 2. The Morgan fingerprint density at radius 2 is 1.89 bits per heavy atom. The number of aryl methyl sites for hydroxylation is 2. The first-order valence-electron chi connectivity index (χ1n) is 11.3. The second-order valence-corrected chi connectivity index (χ2v) is 9.95. The highest BCUT2D eigenvalue weighted by Gasteiger charge is 2.49. The molecule has 188 valence electrons. The van der Waals surface area contributed by atoms with Crippen LogP contribution in [-0.4, -0.2) is 41.0 Å². The zero-order valence-electron chi connectivity index (χ0n) is 20.4. The Morgan fingerprint density at radius 1 is 1.11 bits per heavy atom. The SMILES string of the molecule is COc1cc2sc(N3C(=O)C(=O)/C(=C(/O)c4cc(C)cc(Cl)c4OC)C3c3ccccn3)nc2cc1C. The van der Waals surface area contributed by atoms with Crippen LogP contribution < -0.4 is 14.4 Å². The largest absolute Gasteiger partial charge is 0.507 e. The van der Waals surface area contributed by atoms with E-state index in [4.69, 9.17) is 21.1 Å². The van der Waals surface area contributed by atoms with Crippen LogP contribution in [0.1, 0.15) is 28.4 Å². The Labute approximate surface area is 221 Å². The summed E-state index contributed by atoms with van der Waals surface area (Å²) in [5.41, 5.74) is 2.76. The summed E-state index contributed by atoms with van der Waals surface area (Å²) >= 11 is 7.60. The van der Waals surface area contributed by atoms with Gasteiger partial charge in [-0.25, -0.2) is 4.98 Å². The molecule has 0 saturated carbocycles. The van der Waals surface area contributed by atoms with Gasteiger partial charge < -0.3 is 14.6 Å². The van der Waals surface area contributed by atoms with Gasteiger partial charge in [-0.1, -0.05) is 29.0 Å². The number of ether oxygens (including phenoxy) is 2. The molecule has 1 aliphatic heterocycles. The van der Waals surface area contributed by atoms with Gasteiger partial charge in [0.15, 0.2) is 5.13 Å². The molecule has 8 nitrogen and oxygen atoms in total. The van der Waals surface area contributed by atoms with Gasteiger partial charge in [0.05, 0.1) is 46.3 Å². The number of aliphatic hydroxyl groups is 1. The van der Waals surface area contributed by atoms with Crippen molar-refractivity contribution in [3.63, 3.8) is 0 Å². The van der Waals surface area contributed by atoms with E-state index in [1.54, 1.807) is 50.6 Å². The van der Waals surface area contributed by atoms with Crippen LogP contribution in [0.2, 0.25) is 5.02 Å². The Bertz CT molecular complexity index is 1600. The second kappa shape index (κ2) is 9.49. The van der Waals surface area contributed by atoms with E-state index >= 15 is 0 Å². The van der Waals surface area contributed by atoms with Crippen molar-refractivity contribution in [3.05, 3.63) is 81.6 Å². The highest BCUT2D eigenvalue weighted by atomic mass is 35.5. The summed E-state index contributed by atoms with van der Waals surface area (Å²) in [6.07, 6.45) is 1.56. The average Bonchev–Trinajstić information content (AvgIpc) is 3.40. The fraction of sp³-hybridized carbons (Fsp3) is 0.185. The minimum Gasteiger partial charge on any atom is -0.507 e. The normalized spacial score (nSPS) is 17.0. The molecule has 5 rings (SSSR count). The van der Waals surface area contributed by atoms with E-state index in [-0.39, 0.29) is 21.9 Å². The first-order chi connectivity index (χ1) is 17.7. The summed E-state index contributed by atoms with van der Waals surface area (Å²) in [5.74, 6) is -1.20. The number of Topliss-reactive ketones (excluding diaryl/α,β-unsaturated/α-hetero) is 1. The van der Waals surface area contributed by atoms with E-state index in [0.717, 1.165) is 15.8 Å². The molecule has 4 aromatic rings. The van der Waals surface area contributed by atoms with Gasteiger partial charge in [-0.2, -0.15) is 0 Å². The summed E-state index contributed by atoms with van der Waals surface area (Å²) in [5, 5.41) is 12.1. The number of hydrogen-bond acceptors (Lipinski definition) is 8. The van der Waals surface area contributed by atoms with Gasteiger partial charge in [-0.05, 0) is 61.4 Å². The maximum absolute atomic E-state index is 13.5. The highest BCUT2D eigenvalue weighted by Crippen LogP contribution is 2.46. The molecule has 0 spiro atoms. The molecule has 0 aliphatic carbocycles. The van der Waals surface area contributed by atoms with Gasteiger partial charge in [0, 0.05) is 6.20 Å². The molecule has 2 aromatic carbocycles. The number of anilines is 1. The van der Waals surface area contributed by atoms with E-state index in [1.807, 2.05) is 19.1 Å². The van der Waals surface area contributed by atoms with Gasteiger partial charge in [-0.3, -0.25) is 19.5 Å². The Hall–Kier alpha value is -3.95. The zero-order chi connectivity index (χ0) is 26.4. The van der Waals surface area contributed by atoms with Crippen LogP contribution in [-0.2, 0) is 9.59 Å². The number of benzene rings is 2. The molecule has 1 aliphatic rings. The van der Waals surface area contributed by atoms with Crippen molar-refractivity contribution in [1.82, 2.24) is 9.97 Å². The molecule has 1 fully saturated rings. The molecule has 2 aromatic heterocycles. The fourth-order valence-corrected chi connectivity index (χ4v) is 5.83. The van der Waals surface area contributed by atoms with Gasteiger partial charge in [0.25, 0.3) is 5.78 Å². The van der Waals surface area contributed by atoms with Crippen molar-refractivity contribution in [1.29, 1.82) is 0 Å². The molecule has 0 bridgehead atoms. The van der Waals surface area contributed by atoms with Gasteiger partial charge in [0.1, 0.15) is 23.3 Å². The number of carbonyl (C=O) groups excluding carboxylic acids is 2. The highest BCUT2D eigenvalue weighted by molar-refractivity contribution is 7.22. The monoisotopic (exact) mass is 535 g/mol. The van der Waals surface area contributed by atoms with Crippen molar-refractivity contribution in [3.8, 4) is 11.5 Å². The lowest BCUT2D eigenvalue weighted by molar-refractivity contribution is -0.132. The third-order valence-electron chi connectivity index (χ3n) is 6.16. The quantitative estimate of drug-likeness (QED) is 0.201. The van der Waals surface area contributed by atoms with Crippen LogP contribution in [0.4, 0.5) is 5.13 Å². The molecule has 1 N–H and O–H groups in total. The fourth-order valence-electron chi connectivity index (χ4n) is 4.48. The summed E-state index contributed by atoms with van der Waals surface area (Å²) in [6.45, 7) is 3.70. The molecule has 1 saturated heterocycles. The van der Waals surface area contributed by atoms with E-state index < -0.39 is 23.5 Å². The number of nitrogens with zero attached hydrogens (tertiary/aromatic N) is 3. The van der Waals surface area contributed by atoms with E-state index in [1.165, 1.54) is 23.3 Å². The van der Waals surface area contributed by atoms with Crippen molar-refractivity contribution in [2.45, 2.75) is 19.9 Å². The lowest BCUT2D eigenvalue weighted by atomic mass is 9.97. The topological polar surface area (TPSA) is 102 Å². The summed E-state index contributed by atoms with van der Waals surface area (Å²) in [7, 11) is 3.00. The third kappa shape index (κ3) is 4.10. The number of halogens is 1. The summed E-state index contributed by atoms with van der Waals surface area (Å²) < 4.78 is 11.6. The molecular weight excluding hydrogens is 514 g/mol. The molecule has 1 atom stereocenters. The number of pyridine rings is 1. The molecule has 1 unspecified atom stereocenters. The van der Waals surface area contributed by atoms with Gasteiger partial charge in [0.2, 0.25) is 0 Å². The summed E-state index contributed by atoms with van der Waals surface area (Å²) in [4.78, 5) is 37.3. The van der Waals surface area contributed by atoms with Crippen LogP contribution in [0.3, 0.4) is 0 Å². The molecular formula is C27H22ClN3O5S. The van der Waals surface area contributed by atoms with Crippen LogP contribution in [0.25, 0.3) is 16.0 Å². The minimum atomic E-state index is -1.02. The Morgan fingerprint density at radius 3 is 2.57 bits per heavy atom. The van der Waals surface area contributed by atoms with E-state index in [0.29, 0.717) is 22.1 Å². The van der Waals surface area contributed by atoms with Crippen LogP contribution in [0.15, 0.2) is 54.2 Å². The number of amides is 1. The molecule has 10 heteroatoms. The number of thiazole rings is 1. The number of aliphatic hydroxyl groups excluding tert-OH is 1. The predicted octanol–water partition coefficient (Wildman–Crippen LogP) is 5.61. The first kappa shape index (κ1) is 24.7. The van der Waals surface area contributed by atoms with E-state index in [2.05, 4.69) is 9.97 Å². The Balaban J connectivity index is 1.76. The standard InChI is InChI=1S/C27H22ClN3O5S/c1-13-9-15(25(36-4)16(28)10-13)23(32)21-22(17-7-5-6-8-29-17)31(26(34)24(21)33)27-30-18-11-14(2)19(35-3)12-20(18)37-27/h5-12,22,32H,1-4H3/b23-21+. The van der Waals surface area contributed by atoms with Crippen molar-refractivity contribution >= 4 is 55.7 Å². The maximum Gasteiger partial charge on any atom is 0.301 e. The van der Waals surface area contributed by atoms with Crippen LogP contribution in [0.5, 0.6) is 11.5 Å². The molecule has 0 radical (unpaired) electrons. The maximum atomic E-state index is 13.5. The van der Waals surface area contributed by atoms with Gasteiger partial charge in [-0.15, -0.1) is 0 Å². The Kier molecular flexibility index (Phi) is 6.35. The molecule has 1 amide bonds. The van der Waals surface area contributed by atoms with Crippen molar-refractivity contribution in [2.24, 2.45) is 0 Å². The van der Waals surface area contributed by atoms with Crippen LogP contribution in [0, 0.1) is 13.8 Å². The van der Waals surface area contributed by atoms with Crippen molar-refractivity contribution in [2.75, 3.05) is 19.1 Å². The van der Waals surface area contributed by atoms with E-state index in [9.17, 15) is 14.7 Å². The molecule has 3 heterocycles. The minimum absolute atomic E-state index is 0.128. The smallest absolute Gasteiger partial charge is 0.301 e. The zero-order valence-corrected chi connectivity index (χ0v) is 22.0. The second-order valence-electron chi connectivity index (χ2n) is 8.54. The molecule has 37 heavy (non-hydrogen) atoms. The van der Waals surface area contributed by atoms with Crippen molar-refractivity contribution < 1.29 is 24.2 Å². The lowest BCUT2D eigenvalue weighted by Crippen LogP contribution is -2.29.